The van der Waals surface area contributed by atoms with Crippen molar-refractivity contribution in [1.29, 1.82) is 0 Å². The monoisotopic (exact) mass is 419 g/mol. The van der Waals surface area contributed by atoms with Crippen LogP contribution in [0.4, 0.5) is 8.78 Å². The molecule has 0 radical (unpaired) electrons. The lowest BCUT2D eigenvalue weighted by Gasteiger charge is -2.26. The van der Waals surface area contributed by atoms with Crippen LogP contribution in [0.25, 0.3) is 0 Å². The average molecular weight is 420 g/mol. The van der Waals surface area contributed by atoms with Gasteiger partial charge in [-0.1, -0.05) is 36.4 Å². The molecule has 2 aromatic rings. The van der Waals surface area contributed by atoms with Crippen LogP contribution in [0.1, 0.15) is 29.6 Å². The number of nitrogens with two attached hydrogens (primary N) is 1. The molecule has 1 amide bonds. The number of carbonyl (C=O) groups is 1. The number of amides is 1. The van der Waals surface area contributed by atoms with E-state index in [4.69, 9.17) is 5.73 Å². The molecule has 4 nitrogen and oxygen atoms in total. The Labute approximate surface area is 170 Å². The van der Waals surface area contributed by atoms with Gasteiger partial charge in [0.25, 0.3) is 0 Å². The normalized spacial score (nSPS) is 12.5. The lowest BCUT2D eigenvalue weighted by Crippen LogP contribution is -2.36. The molecule has 27 heavy (non-hydrogen) atoms. The lowest BCUT2D eigenvalue weighted by molar-refractivity contribution is -0.121. The second-order valence-electron chi connectivity index (χ2n) is 6.14. The zero-order valence-corrected chi connectivity index (χ0v) is 16.8. The van der Waals surface area contributed by atoms with Crippen molar-refractivity contribution in [2.45, 2.75) is 18.5 Å². The Morgan fingerprint density at radius 3 is 2.11 bits per heavy atom. The van der Waals surface area contributed by atoms with Gasteiger partial charge in [-0.2, -0.15) is 0 Å². The molecule has 0 fully saturated rings. The van der Waals surface area contributed by atoms with E-state index in [1.807, 2.05) is 30.3 Å². The van der Waals surface area contributed by atoms with E-state index in [2.05, 4.69) is 5.32 Å². The molecule has 0 saturated heterocycles. The second-order valence-corrected chi connectivity index (χ2v) is 6.14. The summed E-state index contributed by atoms with van der Waals surface area (Å²) in [5.74, 6) is -1.53. The number of nitrogens with zero attached hydrogens (tertiary/aromatic N) is 1. The van der Waals surface area contributed by atoms with Gasteiger partial charge < -0.3 is 16.0 Å². The van der Waals surface area contributed by atoms with Gasteiger partial charge >= 0.3 is 0 Å². The third kappa shape index (κ3) is 7.07. The van der Waals surface area contributed by atoms with Crippen LogP contribution in [-0.4, -0.2) is 31.4 Å². The molecule has 0 bridgehead atoms. The van der Waals surface area contributed by atoms with E-state index in [-0.39, 0.29) is 49.3 Å². The van der Waals surface area contributed by atoms with E-state index in [1.165, 1.54) is 18.2 Å². The lowest BCUT2D eigenvalue weighted by atomic mass is 10.0. The number of halogens is 4. The van der Waals surface area contributed by atoms with E-state index >= 15 is 0 Å². The number of hydrogen-bond acceptors (Lipinski definition) is 3. The number of benzene rings is 2. The first-order chi connectivity index (χ1) is 11.9. The zero-order valence-electron chi connectivity index (χ0n) is 15.2. The molecule has 0 aromatic heterocycles. The van der Waals surface area contributed by atoms with Gasteiger partial charge in [-0.05, 0) is 31.8 Å². The van der Waals surface area contributed by atoms with Crippen molar-refractivity contribution in [2.24, 2.45) is 5.73 Å². The second kappa shape index (κ2) is 11.9. The summed E-state index contributed by atoms with van der Waals surface area (Å²) in [6.07, 6.45) is 0.101. The fourth-order valence-corrected chi connectivity index (χ4v) is 2.67. The minimum absolute atomic E-state index is 0. The fourth-order valence-electron chi connectivity index (χ4n) is 2.67. The van der Waals surface area contributed by atoms with Gasteiger partial charge in [-0.3, -0.25) is 4.79 Å². The van der Waals surface area contributed by atoms with Gasteiger partial charge in [0.2, 0.25) is 5.91 Å². The molecule has 0 saturated carbocycles. The molecule has 2 rings (SSSR count). The summed E-state index contributed by atoms with van der Waals surface area (Å²) < 4.78 is 28.0. The first-order valence-corrected chi connectivity index (χ1v) is 8.07. The third-order valence-corrected chi connectivity index (χ3v) is 4.08. The van der Waals surface area contributed by atoms with E-state index in [0.717, 1.165) is 5.56 Å². The summed E-state index contributed by atoms with van der Waals surface area (Å²) in [5, 5.41) is 2.72. The summed E-state index contributed by atoms with van der Waals surface area (Å²) in [6, 6.07) is 12.0. The summed E-state index contributed by atoms with van der Waals surface area (Å²) in [4.78, 5) is 13.8. The van der Waals surface area contributed by atoms with Crippen LogP contribution in [0, 0.1) is 11.6 Å². The minimum Gasteiger partial charge on any atom is -0.354 e. The molecule has 0 heterocycles. The highest BCUT2D eigenvalue weighted by molar-refractivity contribution is 5.85. The van der Waals surface area contributed by atoms with Crippen LogP contribution >= 0.6 is 24.8 Å². The SMILES string of the molecule is CN(C)C(CNC(=O)CC(N)c1ccccc1)c1c(F)cccc1F.Cl.Cl. The van der Waals surface area contributed by atoms with Crippen LogP contribution in [0.5, 0.6) is 0 Å². The number of rotatable bonds is 7. The standard InChI is InChI=1S/C19H23F2N3O.2ClH/c1-24(2)17(19-14(20)9-6-10-15(19)21)12-23-18(25)11-16(22)13-7-4-3-5-8-13;;/h3-10,16-17H,11-12,22H2,1-2H3,(H,23,25);2*1H. The smallest absolute Gasteiger partial charge is 0.221 e. The molecule has 8 heteroatoms. The Kier molecular flexibility index (Phi) is 11.1. The van der Waals surface area contributed by atoms with Crippen LogP contribution in [-0.2, 0) is 4.79 Å². The first kappa shape index (κ1) is 25.3. The van der Waals surface area contributed by atoms with Crippen molar-refractivity contribution in [3.63, 3.8) is 0 Å². The van der Waals surface area contributed by atoms with E-state index in [1.54, 1.807) is 19.0 Å². The number of likely N-dealkylation sites (N-methyl/N-ethyl adjacent to an activating group) is 1. The highest BCUT2D eigenvalue weighted by atomic mass is 35.5. The highest BCUT2D eigenvalue weighted by Crippen LogP contribution is 2.24. The van der Waals surface area contributed by atoms with E-state index in [0.29, 0.717) is 0 Å². The van der Waals surface area contributed by atoms with Crippen LogP contribution in [0.3, 0.4) is 0 Å². The van der Waals surface area contributed by atoms with Crippen molar-refractivity contribution < 1.29 is 13.6 Å². The van der Waals surface area contributed by atoms with Gasteiger partial charge in [0, 0.05) is 24.6 Å². The van der Waals surface area contributed by atoms with E-state index in [9.17, 15) is 13.6 Å². The van der Waals surface area contributed by atoms with Gasteiger partial charge in [0.15, 0.2) is 0 Å². The van der Waals surface area contributed by atoms with Crippen molar-refractivity contribution in [1.82, 2.24) is 10.2 Å². The molecular formula is C19H25Cl2F2N3O. The Balaban J connectivity index is 0.00000338. The molecule has 150 valence electrons. The largest absolute Gasteiger partial charge is 0.354 e. The maximum Gasteiger partial charge on any atom is 0.221 e. The predicted molar refractivity (Wildman–Crippen MR) is 108 cm³/mol. The Hall–Kier alpha value is -1.73. The molecular weight excluding hydrogens is 395 g/mol. The Morgan fingerprint density at radius 2 is 1.59 bits per heavy atom. The van der Waals surface area contributed by atoms with Crippen molar-refractivity contribution in [2.75, 3.05) is 20.6 Å². The van der Waals surface area contributed by atoms with Crippen LogP contribution in [0.15, 0.2) is 48.5 Å². The Bertz CT molecular complexity index is 697. The maximum absolute atomic E-state index is 14.0. The molecule has 2 unspecified atom stereocenters. The van der Waals surface area contributed by atoms with Crippen molar-refractivity contribution >= 4 is 30.7 Å². The fraction of sp³-hybridized carbons (Fsp3) is 0.316. The highest BCUT2D eigenvalue weighted by Gasteiger charge is 2.23. The first-order valence-electron chi connectivity index (χ1n) is 8.07. The number of hydrogen-bond donors (Lipinski definition) is 2. The quantitative estimate of drug-likeness (QED) is 0.720. The molecule has 0 aliphatic rings. The van der Waals surface area contributed by atoms with Crippen LogP contribution < -0.4 is 11.1 Å². The number of carbonyl (C=O) groups excluding carboxylic acids is 1. The molecule has 3 N–H and O–H groups in total. The summed E-state index contributed by atoms with van der Waals surface area (Å²) >= 11 is 0. The van der Waals surface area contributed by atoms with Gasteiger partial charge in [-0.25, -0.2) is 8.78 Å². The van der Waals surface area contributed by atoms with Crippen molar-refractivity contribution in [3.05, 3.63) is 71.3 Å². The zero-order chi connectivity index (χ0) is 18.4. The third-order valence-electron chi connectivity index (χ3n) is 4.08. The Morgan fingerprint density at radius 1 is 1.04 bits per heavy atom. The topological polar surface area (TPSA) is 58.4 Å². The van der Waals surface area contributed by atoms with Gasteiger partial charge in [-0.15, -0.1) is 24.8 Å². The summed E-state index contributed by atoms with van der Waals surface area (Å²) in [5.41, 5.74) is 6.84. The summed E-state index contributed by atoms with van der Waals surface area (Å²) in [6.45, 7) is 0.0885. The molecule has 0 aliphatic carbocycles. The molecule has 0 spiro atoms. The molecule has 2 aromatic carbocycles. The van der Waals surface area contributed by atoms with E-state index < -0.39 is 23.7 Å². The van der Waals surface area contributed by atoms with Gasteiger partial charge in [0.1, 0.15) is 11.6 Å². The van der Waals surface area contributed by atoms with Gasteiger partial charge in [0.05, 0.1) is 6.04 Å². The number of nitrogens with one attached hydrogen (secondary N) is 1. The summed E-state index contributed by atoms with van der Waals surface area (Å²) in [7, 11) is 3.41. The molecule has 0 aliphatic heterocycles. The average Bonchev–Trinajstić information content (AvgIpc) is 2.57. The minimum atomic E-state index is -0.631. The van der Waals surface area contributed by atoms with Crippen molar-refractivity contribution in [3.8, 4) is 0 Å². The molecule has 2 atom stereocenters. The van der Waals surface area contributed by atoms with Crippen LogP contribution in [0.2, 0.25) is 0 Å². The predicted octanol–water partition coefficient (Wildman–Crippen LogP) is 3.62. The maximum atomic E-state index is 14.0.